The lowest BCUT2D eigenvalue weighted by atomic mass is 9.78. The van der Waals surface area contributed by atoms with Crippen LogP contribution in [0.25, 0.3) is 0 Å². The predicted octanol–water partition coefficient (Wildman–Crippen LogP) is 2.93. The van der Waals surface area contributed by atoms with Crippen molar-refractivity contribution in [3.8, 4) is 6.07 Å². The van der Waals surface area contributed by atoms with Crippen molar-refractivity contribution in [2.75, 3.05) is 0 Å². The van der Waals surface area contributed by atoms with Gasteiger partial charge in [0.15, 0.2) is 0 Å². The number of halogens is 1. The Bertz CT molecular complexity index is 547. The number of benzene rings is 1. The van der Waals surface area contributed by atoms with Crippen LogP contribution in [0.15, 0.2) is 16.6 Å². The zero-order chi connectivity index (χ0) is 14.4. The van der Waals surface area contributed by atoms with E-state index in [2.05, 4.69) is 22.0 Å². The second kappa shape index (κ2) is 4.62. The third kappa shape index (κ3) is 2.45. The minimum atomic E-state index is -0.436. The van der Waals surface area contributed by atoms with Crippen molar-refractivity contribution in [3.05, 3.63) is 27.7 Å². The molecule has 1 heterocycles. The van der Waals surface area contributed by atoms with Crippen molar-refractivity contribution >= 4 is 28.5 Å². The highest BCUT2D eigenvalue weighted by Crippen LogP contribution is 2.36. The second-order valence-corrected chi connectivity index (χ2v) is 6.73. The Morgan fingerprint density at radius 3 is 2.16 bits per heavy atom. The molecule has 1 saturated heterocycles. The number of rotatable bonds is 1. The summed E-state index contributed by atoms with van der Waals surface area (Å²) in [5.74, 6) is 0. The Morgan fingerprint density at radius 1 is 1.16 bits per heavy atom. The Morgan fingerprint density at radius 2 is 1.68 bits per heavy atom. The van der Waals surface area contributed by atoms with E-state index >= 15 is 0 Å². The molecule has 0 radical (unpaired) electrons. The predicted molar refractivity (Wildman–Crippen MR) is 79.3 cm³/mol. The Kier molecular flexibility index (Phi) is 3.55. The van der Waals surface area contributed by atoms with Crippen LogP contribution in [-0.2, 0) is 9.31 Å². The number of nitrogens with zero attached hydrogens (tertiary/aromatic N) is 1. The molecule has 0 bridgehead atoms. The first-order chi connectivity index (χ1) is 8.68. The van der Waals surface area contributed by atoms with Crippen LogP contribution in [0.2, 0.25) is 0 Å². The molecular weight excluding hydrogens is 305 g/mol. The van der Waals surface area contributed by atoms with Gasteiger partial charge >= 0.3 is 7.12 Å². The van der Waals surface area contributed by atoms with Gasteiger partial charge in [0.2, 0.25) is 0 Å². The molecule has 0 unspecified atom stereocenters. The first-order valence-corrected chi connectivity index (χ1v) is 7.03. The summed E-state index contributed by atoms with van der Waals surface area (Å²) in [5.41, 5.74) is 1.69. The largest absolute Gasteiger partial charge is 0.494 e. The molecule has 2 rings (SSSR count). The van der Waals surface area contributed by atoms with Gasteiger partial charge in [-0.25, -0.2) is 0 Å². The van der Waals surface area contributed by atoms with E-state index in [1.54, 1.807) is 0 Å². The summed E-state index contributed by atoms with van der Waals surface area (Å²) in [6, 6.07) is 5.99. The molecule has 0 amide bonds. The first kappa shape index (κ1) is 14.6. The van der Waals surface area contributed by atoms with Crippen LogP contribution in [0.1, 0.15) is 38.8 Å². The zero-order valence-electron chi connectivity index (χ0n) is 11.9. The lowest BCUT2D eigenvalue weighted by molar-refractivity contribution is 0.00578. The maximum absolute atomic E-state index is 9.16. The standard InChI is InChI=1S/C14H17BBrNO2/c1-9-10(8-17)6-11(7-12(9)16)15-18-13(2,3)14(4,5)19-15/h6-7H,1-5H3. The fourth-order valence-electron chi connectivity index (χ4n) is 1.93. The van der Waals surface area contributed by atoms with Crippen molar-refractivity contribution in [3.63, 3.8) is 0 Å². The van der Waals surface area contributed by atoms with E-state index in [-0.39, 0.29) is 11.2 Å². The lowest BCUT2D eigenvalue weighted by Crippen LogP contribution is -2.41. The van der Waals surface area contributed by atoms with Crippen molar-refractivity contribution < 1.29 is 9.31 Å². The van der Waals surface area contributed by atoms with Crippen molar-refractivity contribution in [2.24, 2.45) is 0 Å². The molecule has 1 aromatic carbocycles. The summed E-state index contributed by atoms with van der Waals surface area (Å²) in [6.07, 6.45) is 0. The quantitative estimate of drug-likeness (QED) is 0.747. The van der Waals surface area contributed by atoms with Gasteiger partial charge in [-0.05, 0) is 57.8 Å². The van der Waals surface area contributed by atoms with Gasteiger partial charge < -0.3 is 9.31 Å². The van der Waals surface area contributed by atoms with Gasteiger partial charge in [0.1, 0.15) is 0 Å². The number of hydrogen-bond donors (Lipinski definition) is 0. The Labute approximate surface area is 123 Å². The lowest BCUT2D eigenvalue weighted by Gasteiger charge is -2.32. The van der Waals surface area contributed by atoms with E-state index in [0.29, 0.717) is 5.56 Å². The van der Waals surface area contributed by atoms with Crippen LogP contribution < -0.4 is 5.46 Å². The molecule has 3 nitrogen and oxygen atoms in total. The average molecular weight is 322 g/mol. The van der Waals surface area contributed by atoms with Crippen LogP contribution in [0.5, 0.6) is 0 Å². The van der Waals surface area contributed by atoms with E-state index in [1.807, 2.05) is 46.8 Å². The molecule has 0 aromatic heterocycles. The van der Waals surface area contributed by atoms with Gasteiger partial charge in [0.05, 0.1) is 22.8 Å². The topological polar surface area (TPSA) is 42.2 Å². The summed E-state index contributed by atoms with van der Waals surface area (Å²) in [6.45, 7) is 9.97. The highest BCUT2D eigenvalue weighted by atomic mass is 79.9. The third-order valence-corrected chi connectivity index (χ3v) is 4.84. The molecular formula is C14H17BBrNO2. The summed E-state index contributed by atoms with van der Waals surface area (Å²) >= 11 is 3.48. The SMILES string of the molecule is Cc1c(Br)cc(B2OC(C)(C)C(C)(C)O2)cc1C#N. The first-order valence-electron chi connectivity index (χ1n) is 6.24. The van der Waals surface area contributed by atoms with Crippen molar-refractivity contribution in [1.29, 1.82) is 5.26 Å². The van der Waals surface area contributed by atoms with E-state index < -0.39 is 7.12 Å². The van der Waals surface area contributed by atoms with Gasteiger partial charge in [0.25, 0.3) is 0 Å². The minimum absolute atomic E-state index is 0.373. The van der Waals surface area contributed by atoms with Crippen LogP contribution in [0, 0.1) is 18.3 Å². The van der Waals surface area contributed by atoms with E-state index in [9.17, 15) is 0 Å². The smallest absolute Gasteiger partial charge is 0.399 e. The molecule has 0 N–H and O–H groups in total. The summed E-state index contributed by atoms with van der Waals surface area (Å²) in [4.78, 5) is 0. The maximum Gasteiger partial charge on any atom is 0.494 e. The normalized spacial score (nSPS) is 20.4. The maximum atomic E-state index is 9.16. The third-order valence-electron chi connectivity index (χ3n) is 4.01. The van der Waals surface area contributed by atoms with E-state index in [1.165, 1.54) is 0 Å². The van der Waals surface area contributed by atoms with E-state index in [0.717, 1.165) is 15.5 Å². The Hall–Kier alpha value is -0.825. The highest BCUT2D eigenvalue weighted by molar-refractivity contribution is 9.10. The molecule has 1 aliphatic rings. The molecule has 0 atom stereocenters. The molecule has 0 spiro atoms. The fourth-order valence-corrected chi connectivity index (χ4v) is 2.41. The number of nitriles is 1. The second-order valence-electron chi connectivity index (χ2n) is 5.88. The van der Waals surface area contributed by atoms with Crippen molar-refractivity contribution in [2.45, 2.75) is 45.8 Å². The summed E-state index contributed by atoms with van der Waals surface area (Å²) in [5, 5.41) is 9.16. The zero-order valence-corrected chi connectivity index (χ0v) is 13.5. The van der Waals surface area contributed by atoms with E-state index in [4.69, 9.17) is 14.6 Å². The fraction of sp³-hybridized carbons (Fsp3) is 0.500. The van der Waals surface area contributed by atoms with Gasteiger partial charge in [-0.2, -0.15) is 5.26 Å². The molecule has 1 fully saturated rings. The number of hydrogen-bond acceptors (Lipinski definition) is 3. The van der Waals surface area contributed by atoms with Crippen LogP contribution in [0.3, 0.4) is 0 Å². The molecule has 0 saturated carbocycles. The molecule has 0 aliphatic carbocycles. The highest BCUT2D eigenvalue weighted by Gasteiger charge is 2.51. The van der Waals surface area contributed by atoms with Crippen LogP contribution in [0.4, 0.5) is 0 Å². The molecule has 5 heteroatoms. The molecule has 1 aromatic rings. The summed E-state index contributed by atoms with van der Waals surface area (Å²) in [7, 11) is -0.436. The Balaban J connectivity index is 2.41. The van der Waals surface area contributed by atoms with Gasteiger partial charge in [-0.3, -0.25) is 0 Å². The van der Waals surface area contributed by atoms with Gasteiger partial charge in [-0.15, -0.1) is 0 Å². The average Bonchev–Trinajstić information content (AvgIpc) is 2.52. The van der Waals surface area contributed by atoms with Gasteiger partial charge in [0, 0.05) is 4.47 Å². The van der Waals surface area contributed by atoms with Crippen LogP contribution >= 0.6 is 15.9 Å². The minimum Gasteiger partial charge on any atom is -0.399 e. The summed E-state index contributed by atoms with van der Waals surface area (Å²) < 4.78 is 12.9. The molecule has 100 valence electrons. The van der Waals surface area contributed by atoms with Crippen LogP contribution in [-0.4, -0.2) is 18.3 Å². The molecule has 19 heavy (non-hydrogen) atoms. The molecule has 1 aliphatic heterocycles. The monoisotopic (exact) mass is 321 g/mol. The van der Waals surface area contributed by atoms with Gasteiger partial charge in [-0.1, -0.05) is 15.9 Å². The van der Waals surface area contributed by atoms with Crippen molar-refractivity contribution in [1.82, 2.24) is 0 Å².